The molecule has 110 valence electrons. The van der Waals surface area contributed by atoms with Crippen LogP contribution in [0.25, 0.3) is 5.69 Å². The largest absolute Gasteiger partial charge is 0.347 e. The third-order valence-electron chi connectivity index (χ3n) is 4.01. The van der Waals surface area contributed by atoms with E-state index in [4.69, 9.17) is 21.1 Å². The quantitative estimate of drug-likeness (QED) is 0.856. The zero-order chi connectivity index (χ0) is 14.4. The van der Waals surface area contributed by atoms with Crippen LogP contribution >= 0.6 is 11.6 Å². The minimum absolute atomic E-state index is 0.235. The van der Waals surface area contributed by atoms with Gasteiger partial charge in [-0.05, 0) is 18.2 Å². The number of benzene rings is 1. The number of rotatable bonds is 2. The van der Waals surface area contributed by atoms with Gasteiger partial charge in [0.25, 0.3) is 0 Å². The van der Waals surface area contributed by atoms with E-state index in [0.29, 0.717) is 23.9 Å². The van der Waals surface area contributed by atoms with Crippen molar-refractivity contribution in [3.8, 4) is 5.69 Å². The summed E-state index contributed by atoms with van der Waals surface area (Å²) in [6.45, 7) is 1.29. The summed E-state index contributed by atoms with van der Waals surface area (Å²) in [5.41, 5.74) is 1.11. The smallest absolute Gasteiger partial charge is 0.169 e. The number of nitrogens with zero attached hydrogens (tertiary/aromatic N) is 3. The maximum absolute atomic E-state index is 13.8. The number of ether oxygens (including phenoxy) is 2. The highest BCUT2D eigenvalue weighted by Crippen LogP contribution is 2.48. The van der Waals surface area contributed by atoms with Crippen LogP contribution in [0.15, 0.2) is 24.4 Å². The Morgan fingerprint density at radius 2 is 2.05 bits per heavy atom. The molecule has 2 fully saturated rings. The molecule has 2 heterocycles. The van der Waals surface area contributed by atoms with Crippen LogP contribution in [0.2, 0.25) is 5.02 Å². The second-order valence-electron chi connectivity index (χ2n) is 5.40. The van der Waals surface area contributed by atoms with Crippen molar-refractivity contribution in [1.82, 2.24) is 15.0 Å². The van der Waals surface area contributed by atoms with E-state index in [9.17, 15) is 4.39 Å². The van der Waals surface area contributed by atoms with Crippen molar-refractivity contribution in [2.75, 3.05) is 13.2 Å². The standard InChI is InChI=1S/C14H13ClFN3O2/c15-10-1-2-11(16)13(5-10)19-8-12(17-18-19)9-6-14(7-9)20-3-4-21-14/h1-2,5,8-9H,3-4,6-7H2. The van der Waals surface area contributed by atoms with E-state index in [1.807, 2.05) is 0 Å². The number of hydrogen-bond donors (Lipinski definition) is 0. The van der Waals surface area contributed by atoms with Crippen molar-refractivity contribution in [3.05, 3.63) is 40.9 Å². The second kappa shape index (κ2) is 4.76. The van der Waals surface area contributed by atoms with Gasteiger partial charge in [-0.25, -0.2) is 9.07 Å². The molecule has 1 aliphatic carbocycles. The average Bonchev–Trinajstić information content (AvgIpc) is 3.07. The summed E-state index contributed by atoms with van der Waals surface area (Å²) in [5, 5.41) is 8.58. The van der Waals surface area contributed by atoms with E-state index in [1.54, 1.807) is 6.20 Å². The molecule has 0 amide bonds. The van der Waals surface area contributed by atoms with Crippen LogP contribution in [0, 0.1) is 5.82 Å². The molecule has 2 aromatic rings. The van der Waals surface area contributed by atoms with Crippen LogP contribution in [-0.4, -0.2) is 34.0 Å². The highest BCUT2D eigenvalue weighted by atomic mass is 35.5. The number of halogens is 2. The fourth-order valence-corrected chi connectivity index (χ4v) is 3.04. The molecule has 1 saturated carbocycles. The highest BCUT2D eigenvalue weighted by Gasteiger charge is 2.50. The zero-order valence-electron chi connectivity index (χ0n) is 11.1. The molecule has 0 N–H and O–H groups in total. The monoisotopic (exact) mass is 309 g/mol. The summed E-state index contributed by atoms with van der Waals surface area (Å²) in [6.07, 6.45) is 3.27. The summed E-state index contributed by atoms with van der Waals surface area (Å²) in [6, 6.07) is 4.35. The summed E-state index contributed by atoms with van der Waals surface area (Å²) in [7, 11) is 0. The molecule has 1 aliphatic heterocycles. The van der Waals surface area contributed by atoms with Gasteiger partial charge >= 0.3 is 0 Å². The van der Waals surface area contributed by atoms with Crippen LogP contribution < -0.4 is 0 Å². The lowest BCUT2D eigenvalue weighted by Gasteiger charge is -2.41. The van der Waals surface area contributed by atoms with Crippen molar-refractivity contribution in [1.29, 1.82) is 0 Å². The van der Waals surface area contributed by atoms with E-state index in [-0.39, 0.29) is 11.7 Å². The summed E-state index contributed by atoms with van der Waals surface area (Å²) >= 11 is 5.90. The van der Waals surface area contributed by atoms with Gasteiger partial charge in [-0.2, -0.15) is 0 Å². The van der Waals surface area contributed by atoms with Gasteiger partial charge in [0.05, 0.1) is 25.1 Å². The molecule has 0 unspecified atom stereocenters. The van der Waals surface area contributed by atoms with Gasteiger partial charge in [0, 0.05) is 23.8 Å². The lowest BCUT2D eigenvalue weighted by molar-refractivity contribution is -0.216. The zero-order valence-corrected chi connectivity index (χ0v) is 11.9. The Kier molecular flexibility index (Phi) is 2.99. The Bertz CT molecular complexity index is 677. The molecule has 1 aromatic carbocycles. The molecule has 4 rings (SSSR count). The summed E-state index contributed by atoms with van der Waals surface area (Å²) < 4.78 is 26.4. The third kappa shape index (κ3) is 2.23. The SMILES string of the molecule is Fc1ccc(Cl)cc1-n1cc(C2CC3(C2)OCCO3)nn1. The summed E-state index contributed by atoms with van der Waals surface area (Å²) in [4.78, 5) is 0. The first kappa shape index (κ1) is 13.2. The van der Waals surface area contributed by atoms with Crippen molar-refractivity contribution in [3.63, 3.8) is 0 Å². The van der Waals surface area contributed by atoms with Crippen molar-refractivity contribution >= 4 is 11.6 Å². The average molecular weight is 310 g/mol. The van der Waals surface area contributed by atoms with E-state index >= 15 is 0 Å². The number of aromatic nitrogens is 3. The van der Waals surface area contributed by atoms with Crippen molar-refractivity contribution in [2.24, 2.45) is 0 Å². The molecule has 5 nitrogen and oxygen atoms in total. The molecular formula is C14H13ClFN3O2. The van der Waals surface area contributed by atoms with Crippen LogP contribution in [-0.2, 0) is 9.47 Å². The Labute approximate surface area is 125 Å². The van der Waals surface area contributed by atoms with Gasteiger partial charge in [0.15, 0.2) is 5.79 Å². The molecule has 2 aliphatic rings. The van der Waals surface area contributed by atoms with E-state index in [1.165, 1.54) is 22.9 Å². The van der Waals surface area contributed by atoms with Gasteiger partial charge in [-0.3, -0.25) is 0 Å². The third-order valence-corrected chi connectivity index (χ3v) is 4.25. The van der Waals surface area contributed by atoms with E-state index in [2.05, 4.69) is 10.3 Å². The maximum Gasteiger partial charge on any atom is 0.169 e. The Balaban J connectivity index is 1.55. The van der Waals surface area contributed by atoms with Crippen LogP contribution in [0.3, 0.4) is 0 Å². The first-order valence-corrected chi connectivity index (χ1v) is 7.19. The lowest BCUT2D eigenvalue weighted by Crippen LogP contribution is -2.43. The lowest BCUT2D eigenvalue weighted by atomic mass is 9.77. The predicted molar refractivity (Wildman–Crippen MR) is 72.9 cm³/mol. The van der Waals surface area contributed by atoms with E-state index in [0.717, 1.165) is 18.5 Å². The minimum atomic E-state index is -0.421. The van der Waals surface area contributed by atoms with Crippen LogP contribution in [0.4, 0.5) is 4.39 Å². The fourth-order valence-electron chi connectivity index (χ4n) is 2.88. The van der Waals surface area contributed by atoms with E-state index < -0.39 is 5.79 Å². The normalized spacial score (nSPS) is 20.9. The molecule has 0 radical (unpaired) electrons. The molecule has 7 heteroatoms. The van der Waals surface area contributed by atoms with Crippen molar-refractivity contribution < 1.29 is 13.9 Å². The Morgan fingerprint density at radius 3 is 2.81 bits per heavy atom. The molecular weight excluding hydrogens is 297 g/mol. The van der Waals surface area contributed by atoms with Crippen molar-refractivity contribution in [2.45, 2.75) is 24.5 Å². The minimum Gasteiger partial charge on any atom is -0.347 e. The highest BCUT2D eigenvalue weighted by molar-refractivity contribution is 6.30. The van der Waals surface area contributed by atoms with Crippen LogP contribution in [0.1, 0.15) is 24.5 Å². The maximum atomic E-state index is 13.8. The van der Waals surface area contributed by atoms with Gasteiger partial charge < -0.3 is 9.47 Å². The van der Waals surface area contributed by atoms with Gasteiger partial charge in [0.2, 0.25) is 0 Å². The molecule has 1 spiro atoms. The molecule has 1 saturated heterocycles. The number of hydrogen-bond acceptors (Lipinski definition) is 4. The topological polar surface area (TPSA) is 49.2 Å². The molecule has 1 aromatic heterocycles. The molecule has 0 bridgehead atoms. The molecule has 0 atom stereocenters. The first-order chi connectivity index (χ1) is 10.2. The van der Waals surface area contributed by atoms with Crippen LogP contribution in [0.5, 0.6) is 0 Å². The molecule has 21 heavy (non-hydrogen) atoms. The van der Waals surface area contributed by atoms with Gasteiger partial charge in [0.1, 0.15) is 11.5 Å². The predicted octanol–water partition coefficient (Wildman–Crippen LogP) is 2.68. The Morgan fingerprint density at radius 1 is 1.29 bits per heavy atom. The van der Waals surface area contributed by atoms with Gasteiger partial charge in [-0.15, -0.1) is 5.10 Å². The Hall–Kier alpha value is -1.50. The second-order valence-corrected chi connectivity index (χ2v) is 5.83. The first-order valence-electron chi connectivity index (χ1n) is 6.81. The fraction of sp³-hybridized carbons (Fsp3) is 0.429. The van der Waals surface area contributed by atoms with Gasteiger partial charge in [-0.1, -0.05) is 16.8 Å². The summed E-state index contributed by atoms with van der Waals surface area (Å²) in [5.74, 6) is -0.571.